The Bertz CT molecular complexity index is 423. The standard InChI is InChI=1S/C16H22ClNO/c17-14-11-12(15-7-3-4-10-18-15)8-9-16(14)19-13-5-1-2-6-13/h8-9,11,13,15,18H,1-7,10H2. The maximum atomic E-state index is 6.37. The van der Waals surface area contributed by atoms with Gasteiger partial charge in [0.1, 0.15) is 5.75 Å². The van der Waals surface area contributed by atoms with Gasteiger partial charge in [-0.05, 0) is 62.8 Å². The van der Waals surface area contributed by atoms with E-state index in [2.05, 4.69) is 17.4 Å². The monoisotopic (exact) mass is 279 g/mol. The fourth-order valence-corrected chi connectivity index (χ4v) is 3.39. The Kier molecular flexibility index (Phi) is 4.29. The number of nitrogens with one attached hydrogen (secondary N) is 1. The molecule has 3 heteroatoms. The average molecular weight is 280 g/mol. The van der Waals surface area contributed by atoms with Crippen LogP contribution < -0.4 is 10.1 Å². The highest BCUT2D eigenvalue weighted by molar-refractivity contribution is 6.32. The normalized spacial score (nSPS) is 24.6. The molecule has 1 atom stereocenters. The van der Waals surface area contributed by atoms with E-state index in [0.717, 1.165) is 17.3 Å². The Morgan fingerprint density at radius 2 is 1.84 bits per heavy atom. The Morgan fingerprint density at radius 3 is 2.53 bits per heavy atom. The van der Waals surface area contributed by atoms with Crippen molar-refractivity contribution in [3.63, 3.8) is 0 Å². The minimum atomic E-state index is 0.371. The van der Waals surface area contributed by atoms with Crippen LogP contribution in [0.4, 0.5) is 0 Å². The predicted molar refractivity (Wildman–Crippen MR) is 78.9 cm³/mol. The summed E-state index contributed by atoms with van der Waals surface area (Å²) >= 11 is 6.37. The van der Waals surface area contributed by atoms with Crippen LogP contribution in [0.15, 0.2) is 18.2 Å². The van der Waals surface area contributed by atoms with E-state index in [4.69, 9.17) is 16.3 Å². The summed E-state index contributed by atoms with van der Waals surface area (Å²) in [5.74, 6) is 0.855. The Labute approximate surface area is 120 Å². The first-order valence-electron chi connectivity index (χ1n) is 7.52. The molecule has 2 nitrogen and oxygen atoms in total. The van der Waals surface area contributed by atoms with Crippen molar-refractivity contribution in [2.75, 3.05) is 6.54 Å². The van der Waals surface area contributed by atoms with Crippen LogP contribution in [-0.4, -0.2) is 12.6 Å². The number of hydrogen-bond donors (Lipinski definition) is 1. The number of hydrogen-bond acceptors (Lipinski definition) is 2. The lowest BCUT2D eigenvalue weighted by Crippen LogP contribution is -2.26. The van der Waals surface area contributed by atoms with Gasteiger partial charge in [0.25, 0.3) is 0 Å². The Morgan fingerprint density at radius 1 is 1.05 bits per heavy atom. The first kappa shape index (κ1) is 13.3. The van der Waals surface area contributed by atoms with Crippen molar-refractivity contribution in [3.05, 3.63) is 28.8 Å². The van der Waals surface area contributed by atoms with E-state index in [9.17, 15) is 0 Å². The first-order valence-corrected chi connectivity index (χ1v) is 7.90. The van der Waals surface area contributed by atoms with Crippen LogP contribution in [0.2, 0.25) is 5.02 Å². The summed E-state index contributed by atoms with van der Waals surface area (Å²) < 4.78 is 6.00. The molecular formula is C16H22ClNO. The second kappa shape index (κ2) is 6.15. The van der Waals surface area contributed by atoms with Gasteiger partial charge in [0, 0.05) is 6.04 Å². The van der Waals surface area contributed by atoms with Crippen molar-refractivity contribution < 1.29 is 4.74 Å². The van der Waals surface area contributed by atoms with Crippen molar-refractivity contribution in [3.8, 4) is 5.75 Å². The summed E-state index contributed by atoms with van der Waals surface area (Å²) in [5, 5.41) is 4.32. The molecule has 0 radical (unpaired) electrons. The van der Waals surface area contributed by atoms with Gasteiger partial charge in [-0.2, -0.15) is 0 Å². The van der Waals surface area contributed by atoms with Crippen LogP contribution in [0.1, 0.15) is 56.6 Å². The number of halogens is 1. The van der Waals surface area contributed by atoms with E-state index in [1.54, 1.807) is 0 Å². The molecule has 0 aromatic heterocycles. The molecule has 1 N–H and O–H groups in total. The van der Waals surface area contributed by atoms with Crippen molar-refractivity contribution in [2.45, 2.75) is 57.1 Å². The molecule has 0 amide bonds. The van der Waals surface area contributed by atoms with Crippen molar-refractivity contribution in [1.29, 1.82) is 0 Å². The molecule has 2 aliphatic rings. The van der Waals surface area contributed by atoms with Gasteiger partial charge in [-0.25, -0.2) is 0 Å². The lowest BCUT2D eigenvalue weighted by Gasteiger charge is -2.24. The molecule has 1 aromatic carbocycles. The zero-order valence-corrected chi connectivity index (χ0v) is 12.1. The van der Waals surface area contributed by atoms with E-state index in [0.29, 0.717) is 12.1 Å². The van der Waals surface area contributed by atoms with Gasteiger partial charge < -0.3 is 10.1 Å². The molecule has 1 unspecified atom stereocenters. The molecule has 1 aromatic rings. The third-order valence-electron chi connectivity index (χ3n) is 4.26. The van der Waals surface area contributed by atoms with Gasteiger partial charge in [-0.15, -0.1) is 0 Å². The van der Waals surface area contributed by atoms with Crippen LogP contribution in [0, 0.1) is 0 Å². The van der Waals surface area contributed by atoms with Crippen molar-refractivity contribution in [2.24, 2.45) is 0 Å². The third-order valence-corrected chi connectivity index (χ3v) is 4.56. The summed E-state index contributed by atoms with van der Waals surface area (Å²) in [7, 11) is 0. The second-order valence-electron chi connectivity index (χ2n) is 5.72. The van der Waals surface area contributed by atoms with Crippen molar-refractivity contribution >= 4 is 11.6 Å². The van der Waals surface area contributed by atoms with E-state index in [1.165, 1.54) is 50.5 Å². The van der Waals surface area contributed by atoms with Crippen LogP contribution in [-0.2, 0) is 0 Å². The largest absolute Gasteiger partial charge is 0.489 e. The maximum Gasteiger partial charge on any atom is 0.138 e. The summed E-state index contributed by atoms with van der Waals surface area (Å²) in [6, 6.07) is 6.76. The SMILES string of the molecule is Clc1cc(C2CCCCN2)ccc1OC1CCCC1. The fraction of sp³-hybridized carbons (Fsp3) is 0.625. The quantitative estimate of drug-likeness (QED) is 0.881. The van der Waals surface area contributed by atoms with E-state index < -0.39 is 0 Å². The van der Waals surface area contributed by atoms with Crippen LogP contribution in [0.3, 0.4) is 0 Å². The molecule has 19 heavy (non-hydrogen) atoms. The smallest absolute Gasteiger partial charge is 0.138 e. The number of piperidine rings is 1. The van der Waals surface area contributed by atoms with Crippen LogP contribution in [0.25, 0.3) is 0 Å². The molecule has 1 aliphatic heterocycles. The van der Waals surface area contributed by atoms with Gasteiger partial charge in [0.15, 0.2) is 0 Å². The summed E-state index contributed by atoms with van der Waals surface area (Å²) in [6.07, 6.45) is 9.07. The highest BCUT2D eigenvalue weighted by Gasteiger charge is 2.19. The molecule has 1 saturated heterocycles. The highest BCUT2D eigenvalue weighted by atomic mass is 35.5. The summed E-state index contributed by atoms with van der Waals surface area (Å²) in [4.78, 5) is 0. The second-order valence-corrected chi connectivity index (χ2v) is 6.12. The van der Waals surface area contributed by atoms with E-state index >= 15 is 0 Å². The predicted octanol–water partition coefficient (Wildman–Crippen LogP) is 4.48. The molecule has 2 fully saturated rings. The van der Waals surface area contributed by atoms with Crippen molar-refractivity contribution in [1.82, 2.24) is 5.32 Å². The molecule has 0 bridgehead atoms. The third kappa shape index (κ3) is 3.24. The van der Waals surface area contributed by atoms with Crippen LogP contribution in [0.5, 0.6) is 5.75 Å². The number of rotatable bonds is 3. The summed E-state index contributed by atoms with van der Waals surface area (Å²) in [5.41, 5.74) is 1.29. The average Bonchev–Trinajstić information content (AvgIpc) is 2.95. The molecule has 3 rings (SSSR count). The van der Waals surface area contributed by atoms with E-state index in [1.807, 2.05) is 6.07 Å². The van der Waals surface area contributed by atoms with Gasteiger partial charge in [0.05, 0.1) is 11.1 Å². The van der Waals surface area contributed by atoms with Gasteiger partial charge in [-0.1, -0.05) is 24.1 Å². The topological polar surface area (TPSA) is 21.3 Å². The number of ether oxygens (including phenoxy) is 1. The molecule has 104 valence electrons. The minimum absolute atomic E-state index is 0.371. The Balaban J connectivity index is 1.69. The maximum absolute atomic E-state index is 6.37. The Hall–Kier alpha value is -0.730. The summed E-state index contributed by atoms with van der Waals surface area (Å²) in [6.45, 7) is 1.11. The van der Waals surface area contributed by atoms with E-state index in [-0.39, 0.29) is 0 Å². The molecule has 1 heterocycles. The van der Waals surface area contributed by atoms with Crippen LogP contribution >= 0.6 is 11.6 Å². The minimum Gasteiger partial charge on any atom is -0.489 e. The lowest BCUT2D eigenvalue weighted by molar-refractivity contribution is 0.210. The highest BCUT2D eigenvalue weighted by Crippen LogP contribution is 2.33. The zero-order chi connectivity index (χ0) is 13.1. The fourth-order valence-electron chi connectivity index (χ4n) is 3.15. The molecular weight excluding hydrogens is 258 g/mol. The van der Waals surface area contributed by atoms with Gasteiger partial charge in [0.2, 0.25) is 0 Å². The number of benzene rings is 1. The molecule has 0 spiro atoms. The van der Waals surface area contributed by atoms with Gasteiger partial charge >= 0.3 is 0 Å². The molecule has 1 saturated carbocycles. The molecule has 1 aliphatic carbocycles. The van der Waals surface area contributed by atoms with Gasteiger partial charge in [-0.3, -0.25) is 0 Å². The lowest BCUT2D eigenvalue weighted by atomic mass is 9.97. The first-order chi connectivity index (χ1) is 9.33. The zero-order valence-electron chi connectivity index (χ0n) is 11.3.